The van der Waals surface area contributed by atoms with Crippen molar-refractivity contribution in [3.8, 4) is 0 Å². The molecule has 21 heavy (non-hydrogen) atoms. The molecule has 0 radical (unpaired) electrons. The van der Waals surface area contributed by atoms with E-state index in [4.69, 9.17) is 5.73 Å². The summed E-state index contributed by atoms with van der Waals surface area (Å²) in [6, 6.07) is 0. The Morgan fingerprint density at radius 3 is 2.76 bits per heavy atom. The molecule has 0 aliphatic heterocycles. The van der Waals surface area contributed by atoms with Crippen molar-refractivity contribution in [3.05, 3.63) is 4.88 Å². The quantitative estimate of drug-likeness (QED) is 0.543. The molecule has 0 saturated carbocycles. The highest BCUT2D eigenvalue weighted by molar-refractivity contribution is 7.98. The van der Waals surface area contributed by atoms with Crippen LogP contribution in [-0.2, 0) is 0 Å². The van der Waals surface area contributed by atoms with Gasteiger partial charge in [0.15, 0.2) is 5.13 Å². The number of carbonyl (C=O) groups is 1. The first-order chi connectivity index (χ1) is 10.2. The topological polar surface area (TPSA) is 80.0 Å². The Kier molecular flexibility index (Phi) is 9.25. The van der Waals surface area contributed by atoms with Crippen molar-refractivity contribution < 1.29 is 4.79 Å². The summed E-state index contributed by atoms with van der Waals surface area (Å²) in [5, 5.41) is 6.79. The van der Waals surface area contributed by atoms with Gasteiger partial charge in [0.2, 0.25) is 0 Å². The number of nitrogens with one attached hydrogen (secondary N) is 2. The van der Waals surface area contributed by atoms with Crippen molar-refractivity contribution in [1.82, 2.24) is 10.3 Å². The van der Waals surface area contributed by atoms with Gasteiger partial charge in [0, 0.05) is 13.1 Å². The SMILES string of the molecule is CCCNc1nc(N)c(C(=O)NCCCCCCSC)s1. The van der Waals surface area contributed by atoms with E-state index in [1.165, 1.54) is 29.9 Å². The van der Waals surface area contributed by atoms with Crippen LogP contribution in [0.15, 0.2) is 0 Å². The van der Waals surface area contributed by atoms with E-state index in [1.54, 1.807) is 0 Å². The van der Waals surface area contributed by atoms with Crippen molar-refractivity contribution in [2.75, 3.05) is 36.1 Å². The normalized spacial score (nSPS) is 10.6. The lowest BCUT2D eigenvalue weighted by atomic mass is 10.2. The molecule has 0 unspecified atom stereocenters. The largest absolute Gasteiger partial charge is 0.382 e. The number of hydrogen-bond acceptors (Lipinski definition) is 6. The lowest BCUT2D eigenvalue weighted by Gasteiger charge is -2.03. The maximum atomic E-state index is 12.0. The molecule has 0 atom stereocenters. The van der Waals surface area contributed by atoms with Gasteiger partial charge in [-0.05, 0) is 31.3 Å². The monoisotopic (exact) mass is 330 g/mol. The van der Waals surface area contributed by atoms with Crippen LogP contribution in [0, 0.1) is 0 Å². The predicted molar refractivity (Wildman–Crippen MR) is 94.5 cm³/mol. The number of rotatable bonds is 11. The van der Waals surface area contributed by atoms with Gasteiger partial charge >= 0.3 is 0 Å². The first-order valence-corrected chi connectivity index (χ1v) is 9.67. The number of carbonyl (C=O) groups excluding carboxylic acids is 1. The summed E-state index contributed by atoms with van der Waals surface area (Å²) in [5.41, 5.74) is 5.80. The van der Waals surface area contributed by atoms with E-state index in [1.807, 2.05) is 11.8 Å². The second-order valence-electron chi connectivity index (χ2n) is 4.82. The summed E-state index contributed by atoms with van der Waals surface area (Å²) in [4.78, 5) is 16.7. The fourth-order valence-electron chi connectivity index (χ4n) is 1.81. The van der Waals surface area contributed by atoms with Crippen molar-refractivity contribution in [2.45, 2.75) is 39.0 Å². The van der Waals surface area contributed by atoms with Crippen LogP contribution in [0.25, 0.3) is 0 Å². The van der Waals surface area contributed by atoms with Gasteiger partial charge in [0.1, 0.15) is 10.7 Å². The summed E-state index contributed by atoms with van der Waals surface area (Å²) in [6.07, 6.45) is 7.79. The van der Waals surface area contributed by atoms with Gasteiger partial charge in [0.05, 0.1) is 0 Å². The number of nitrogens with two attached hydrogens (primary N) is 1. The second kappa shape index (κ2) is 10.7. The number of thiazole rings is 1. The molecule has 0 aliphatic carbocycles. The molecule has 120 valence electrons. The molecule has 1 rings (SSSR count). The van der Waals surface area contributed by atoms with Crippen LogP contribution in [-0.4, -0.2) is 36.0 Å². The Morgan fingerprint density at radius 1 is 1.29 bits per heavy atom. The number of thioether (sulfide) groups is 1. The van der Waals surface area contributed by atoms with Gasteiger partial charge in [-0.1, -0.05) is 31.1 Å². The van der Waals surface area contributed by atoms with Gasteiger partial charge in [-0.2, -0.15) is 11.8 Å². The van der Waals surface area contributed by atoms with Gasteiger partial charge in [-0.15, -0.1) is 0 Å². The smallest absolute Gasteiger partial charge is 0.265 e. The minimum Gasteiger partial charge on any atom is -0.382 e. The second-order valence-corrected chi connectivity index (χ2v) is 6.81. The van der Waals surface area contributed by atoms with E-state index in [9.17, 15) is 4.79 Å². The molecule has 7 heteroatoms. The summed E-state index contributed by atoms with van der Waals surface area (Å²) in [5.74, 6) is 1.42. The van der Waals surface area contributed by atoms with Crippen LogP contribution in [0.5, 0.6) is 0 Å². The number of nitrogens with zero attached hydrogens (tertiary/aromatic N) is 1. The zero-order chi connectivity index (χ0) is 15.5. The molecule has 1 heterocycles. The maximum Gasteiger partial charge on any atom is 0.265 e. The first-order valence-electron chi connectivity index (χ1n) is 7.46. The Balaban J connectivity index is 2.26. The Labute approximate surface area is 135 Å². The van der Waals surface area contributed by atoms with Gasteiger partial charge in [0.25, 0.3) is 5.91 Å². The number of unbranched alkanes of at least 4 members (excludes halogenated alkanes) is 3. The molecular formula is C14H26N4OS2. The first kappa shape index (κ1) is 18.1. The molecule has 0 saturated heterocycles. The van der Waals surface area contributed by atoms with E-state index in [0.717, 1.165) is 30.9 Å². The zero-order valence-electron chi connectivity index (χ0n) is 12.9. The third kappa shape index (κ3) is 7.04. The van der Waals surface area contributed by atoms with E-state index >= 15 is 0 Å². The number of aromatic nitrogens is 1. The Morgan fingerprint density at radius 2 is 2.05 bits per heavy atom. The molecule has 0 aromatic carbocycles. The molecular weight excluding hydrogens is 304 g/mol. The van der Waals surface area contributed by atoms with Crippen LogP contribution in [0.4, 0.5) is 10.9 Å². The van der Waals surface area contributed by atoms with Crippen molar-refractivity contribution in [1.29, 1.82) is 0 Å². The zero-order valence-corrected chi connectivity index (χ0v) is 14.5. The Bertz CT molecular complexity index is 423. The molecule has 0 spiro atoms. The number of anilines is 2. The molecule has 0 bridgehead atoms. The summed E-state index contributed by atoms with van der Waals surface area (Å²) >= 11 is 3.20. The van der Waals surface area contributed by atoms with E-state index in [2.05, 4.69) is 28.8 Å². The number of nitrogen functional groups attached to an aromatic ring is 1. The van der Waals surface area contributed by atoms with Crippen LogP contribution >= 0.6 is 23.1 Å². The fraction of sp³-hybridized carbons (Fsp3) is 0.714. The number of amides is 1. The minimum absolute atomic E-state index is 0.112. The van der Waals surface area contributed by atoms with Crippen molar-refractivity contribution in [2.24, 2.45) is 0 Å². The summed E-state index contributed by atoms with van der Waals surface area (Å²) in [7, 11) is 0. The van der Waals surface area contributed by atoms with Crippen LogP contribution in [0.3, 0.4) is 0 Å². The summed E-state index contributed by atoms with van der Waals surface area (Å²) < 4.78 is 0. The Hall–Kier alpha value is -0.950. The molecule has 0 fully saturated rings. The van der Waals surface area contributed by atoms with E-state index in [-0.39, 0.29) is 5.91 Å². The van der Waals surface area contributed by atoms with Crippen molar-refractivity contribution in [3.63, 3.8) is 0 Å². The molecule has 4 N–H and O–H groups in total. The molecule has 5 nitrogen and oxygen atoms in total. The lowest BCUT2D eigenvalue weighted by Crippen LogP contribution is -2.24. The maximum absolute atomic E-state index is 12.0. The average Bonchev–Trinajstić information content (AvgIpc) is 2.85. The molecule has 1 amide bonds. The molecule has 0 aliphatic rings. The van der Waals surface area contributed by atoms with Gasteiger partial charge in [-0.25, -0.2) is 4.98 Å². The third-order valence-corrected chi connectivity index (χ3v) is 4.67. The van der Waals surface area contributed by atoms with Crippen LogP contribution < -0.4 is 16.4 Å². The van der Waals surface area contributed by atoms with Crippen LogP contribution in [0.2, 0.25) is 0 Å². The highest BCUT2D eigenvalue weighted by Crippen LogP contribution is 2.24. The lowest BCUT2D eigenvalue weighted by molar-refractivity contribution is 0.0957. The highest BCUT2D eigenvalue weighted by Gasteiger charge is 2.15. The molecule has 1 aromatic rings. The number of hydrogen-bond donors (Lipinski definition) is 3. The fourth-order valence-corrected chi connectivity index (χ4v) is 3.13. The van der Waals surface area contributed by atoms with E-state index < -0.39 is 0 Å². The highest BCUT2D eigenvalue weighted by atomic mass is 32.2. The summed E-state index contributed by atoms with van der Waals surface area (Å²) in [6.45, 7) is 3.62. The minimum atomic E-state index is -0.112. The standard InChI is InChI=1S/C14H26N4OS2/c1-3-8-17-14-18-12(15)11(21-14)13(19)16-9-6-4-5-7-10-20-2/h3-10,15H2,1-2H3,(H,16,19)(H,17,18). The average molecular weight is 331 g/mol. The van der Waals surface area contributed by atoms with Gasteiger partial charge < -0.3 is 16.4 Å². The van der Waals surface area contributed by atoms with Gasteiger partial charge in [-0.3, -0.25) is 4.79 Å². The van der Waals surface area contributed by atoms with Crippen molar-refractivity contribution >= 4 is 40.0 Å². The molecule has 1 aromatic heterocycles. The van der Waals surface area contributed by atoms with E-state index in [0.29, 0.717) is 17.2 Å². The predicted octanol–water partition coefficient (Wildman–Crippen LogP) is 3.20. The third-order valence-electron chi connectivity index (χ3n) is 2.95. The van der Waals surface area contributed by atoms with Crippen LogP contribution in [0.1, 0.15) is 48.7 Å².